The Labute approximate surface area is 90.2 Å². The molecule has 1 aliphatic rings. The lowest BCUT2D eigenvalue weighted by Gasteiger charge is -2.04. The molecule has 1 fully saturated rings. The monoisotopic (exact) mass is 204 g/mol. The zero-order valence-electron chi connectivity index (χ0n) is 8.78. The number of hydrogen-bond acceptors (Lipinski definition) is 3. The van der Waals surface area contributed by atoms with Crippen molar-refractivity contribution in [2.45, 2.75) is 25.4 Å². The number of nitrogens with one attached hydrogen (secondary N) is 1. The summed E-state index contributed by atoms with van der Waals surface area (Å²) in [6.45, 7) is 4.98. The number of aromatic nitrogens is 1. The Bertz CT molecular complexity index is 317. The maximum Gasteiger partial charge on any atom is 0.138 e. The lowest BCUT2D eigenvalue weighted by atomic mass is 10.3. The third-order valence-electron chi connectivity index (χ3n) is 2.31. The second-order valence-electron chi connectivity index (χ2n) is 3.74. The summed E-state index contributed by atoms with van der Waals surface area (Å²) in [7, 11) is 0. The van der Waals surface area contributed by atoms with Gasteiger partial charge in [0, 0.05) is 12.6 Å². The van der Waals surface area contributed by atoms with Crippen molar-refractivity contribution in [3.05, 3.63) is 36.7 Å². The molecule has 0 unspecified atom stereocenters. The van der Waals surface area contributed by atoms with Gasteiger partial charge in [-0.15, -0.1) is 0 Å². The van der Waals surface area contributed by atoms with Gasteiger partial charge in [0.1, 0.15) is 12.4 Å². The van der Waals surface area contributed by atoms with Crippen LogP contribution in [0.15, 0.2) is 31.0 Å². The van der Waals surface area contributed by atoms with Crippen LogP contribution < -0.4 is 10.1 Å². The molecule has 0 bridgehead atoms. The molecule has 3 nitrogen and oxygen atoms in total. The Balaban J connectivity index is 1.82. The summed E-state index contributed by atoms with van der Waals surface area (Å²) in [6, 6.07) is 4.66. The Morgan fingerprint density at radius 2 is 2.40 bits per heavy atom. The molecule has 80 valence electrons. The first-order chi connectivity index (χ1) is 7.38. The second kappa shape index (κ2) is 4.94. The fraction of sp³-hybridized carbons (Fsp3) is 0.417. The molecule has 15 heavy (non-hydrogen) atoms. The average Bonchev–Trinajstić information content (AvgIpc) is 3.09. The summed E-state index contributed by atoms with van der Waals surface area (Å²) in [4.78, 5) is 4.31. The van der Waals surface area contributed by atoms with E-state index >= 15 is 0 Å². The van der Waals surface area contributed by atoms with Gasteiger partial charge >= 0.3 is 0 Å². The van der Waals surface area contributed by atoms with E-state index < -0.39 is 0 Å². The molecule has 1 aliphatic carbocycles. The molecule has 0 atom stereocenters. The van der Waals surface area contributed by atoms with Gasteiger partial charge in [-0.3, -0.25) is 4.98 Å². The number of nitrogens with zero attached hydrogens (tertiary/aromatic N) is 1. The lowest BCUT2D eigenvalue weighted by molar-refractivity contribution is 0.361. The van der Waals surface area contributed by atoms with Gasteiger partial charge in [-0.25, -0.2) is 0 Å². The van der Waals surface area contributed by atoms with Gasteiger partial charge in [-0.1, -0.05) is 12.7 Å². The molecule has 0 aliphatic heterocycles. The fourth-order valence-corrected chi connectivity index (χ4v) is 1.29. The highest BCUT2D eigenvalue weighted by Crippen LogP contribution is 2.19. The minimum absolute atomic E-state index is 0.529. The zero-order valence-corrected chi connectivity index (χ0v) is 8.78. The fourth-order valence-electron chi connectivity index (χ4n) is 1.29. The van der Waals surface area contributed by atoms with E-state index in [-0.39, 0.29) is 0 Å². The van der Waals surface area contributed by atoms with Crippen LogP contribution in [0, 0.1) is 0 Å². The largest absolute Gasteiger partial charge is 0.488 e. The van der Waals surface area contributed by atoms with Gasteiger partial charge in [0.25, 0.3) is 0 Å². The maximum absolute atomic E-state index is 5.35. The summed E-state index contributed by atoms with van der Waals surface area (Å²) in [6.07, 6.45) is 6.09. The Hall–Kier alpha value is -1.35. The number of pyridine rings is 1. The topological polar surface area (TPSA) is 34.1 Å². The van der Waals surface area contributed by atoms with Gasteiger partial charge in [-0.05, 0) is 25.0 Å². The minimum Gasteiger partial charge on any atom is -0.488 e. The SMILES string of the molecule is C=CCOc1ccc(CNC2CC2)nc1. The highest BCUT2D eigenvalue weighted by Gasteiger charge is 2.19. The Morgan fingerprint density at radius 1 is 1.53 bits per heavy atom. The first kappa shape index (κ1) is 10.2. The maximum atomic E-state index is 5.35. The Kier molecular flexibility index (Phi) is 3.35. The molecule has 0 amide bonds. The predicted molar refractivity (Wildman–Crippen MR) is 59.8 cm³/mol. The molecule has 2 rings (SSSR count). The summed E-state index contributed by atoms with van der Waals surface area (Å²) < 4.78 is 5.35. The highest BCUT2D eigenvalue weighted by molar-refractivity contribution is 5.20. The van der Waals surface area contributed by atoms with E-state index in [1.165, 1.54) is 12.8 Å². The first-order valence-corrected chi connectivity index (χ1v) is 5.30. The van der Waals surface area contributed by atoms with Crippen molar-refractivity contribution in [1.82, 2.24) is 10.3 Å². The van der Waals surface area contributed by atoms with Gasteiger partial charge in [0.2, 0.25) is 0 Å². The van der Waals surface area contributed by atoms with Crippen LogP contribution in [-0.2, 0) is 6.54 Å². The molecule has 0 saturated heterocycles. The summed E-state index contributed by atoms with van der Waals surface area (Å²) >= 11 is 0. The van der Waals surface area contributed by atoms with Crippen molar-refractivity contribution < 1.29 is 4.74 Å². The quantitative estimate of drug-likeness (QED) is 0.719. The number of hydrogen-bond donors (Lipinski definition) is 1. The van der Waals surface area contributed by atoms with Crippen molar-refractivity contribution in [2.24, 2.45) is 0 Å². The van der Waals surface area contributed by atoms with Crippen LogP contribution in [0.3, 0.4) is 0 Å². The molecule has 1 saturated carbocycles. The van der Waals surface area contributed by atoms with E-state index in [2.05, 4.69) is 16.9 Å². The molecule has 0 aromatic carbocycles. The van der Waals surface area contributed by atoms with E-state index in [0.717, 1.165) is 24.0 Å². The van der Waals surface area contributed by atoms with Gasteiger partial charge < -0.3 is 10.1 Å². The molecule has 1 heterocycles. The molecule has 1 aromatic heterocycles. The van der Waals surface area contributed by atoms with Crippen molar-refractivity contribution in [3.63, 3.8) is 0 Å². The minimum atomic E-state index is 0.529. The standard InChI is InChI=1S/C12H16N2O/c1-2-7-15-12-6-5-11(14-9-12)8-13-10-3-4-10/h2,5-6,9-10,13H,1,3-4,7-8H2. The van der Waals surface area contributed by atoms with Crippen LogP contribution in [0.1, 0.15) is 18.5 Å². The summed E-state index contributed by atoms with van der Waals surface area (Å²) in [5, 5.41) is 3.42. The molecular weight excluding hydrogens is 188 g/mol. The van der Waals surface area contributed by atoms with Crippen LogP contribution in [0.2, 0.25) is 0 Å². The van der Waals surface area contributed by atoms with Crippen LogP contribution in [0.4, 0.5) is 0 Å². The van der Waals surface area contributed by atoms with E-state index in [9.17, 15) is 0 Å². The van der Waals surface area contributed by atoms with Crippen LogP contribution in [-0.4, -0.2) is 17.6 Å². The second-order valence-corrected chi connectivity index (χ2v) is 3.74. The van der Waals surface area contributed by atoms with E-state index in [4.69, 9.17) is 4.74 Å². The number of ether oxygens (including phenoxy) is 1. The highest BCUT2D eigenvalue weighted by atomic mass is 16.5. The summed E-state index contributed by atoms with van der Waals surface area (Å²) in [5.74, 6) is 0.796. The lowest BCUT2D eigenvalue weighted by Crippen LogP contribution is -2.16. The van der Waals surface area contributed by atoms with Crippen LogP contribution in [0.25, 0.3) is 0 Å². The van der Waals surface area contributed by atoms with Crippen molar-refractivity contribution in [1.29, 1.82) is 0 Å². The van der Waals surface area contributed by atoms with E-state index in [1.807, 2.05) is 12.1 Å². The third-order valence-corrected chi connectivity index (χ3v) is 2.31. The van der Waals surface area contributed by atoms with Crippen molar-refractivity contribution in [3.8, 4) is 5.75 Å². The van der Waals surface area contributed by atoms with Gasteiger partial charge in [-0.2, -0.15) is 0 Å². The first-order valence-electron chi connectivity index (χ1n) is 5.30. The van der Waals surface area contributed by atoms with E-state index in [1.54, 1.807) is 12.3 Å². The molecule has 1 aromatic rings. The van der Waals surface area contributed by atoms with Gasteiger partial charge in [0.05, 0.1) is 11.9 Å². The average molecular weight is 204 g/mol. The predicted octanol–water partition coefficient (Wildman–Crippen LogP) is 1.90. The smallest absolute Gasteiger partial charge is 0.138 e. The molecule has 0 spiro atoms. The zero-order chi connectivity index (χ0) is 10.5. The molecular formula is C12H16N2O. The van der Waals surface area contributed by atoms with Crippen LogP contribution >= 0.6 is 0 Å². The van der Waals surface area contributed by atoms with Gasteiger partial charge in [0.15, 0.2) is 0 Å². The molecule has 0 radical (unpaired) electrons. The Morgan fingerprint density at radius 3 is 3.00 bits per heavy atom. The molecule has 3 heteroatoms. The number of rotatable bonds is 6. The van der Waals surface area contributed by atoms with Crippen molar-refractivity contribution >= 4 is 0 Å². The van der Waals surface area contributed by atoms with E-state index in [0.29, 0.717) is 6.61 Å². The normalized spacial score (nSPS) is 14.9. The summed E-state index contributed by atoms with van der Waals surface area (Å²) in [5.41, 5.74) is 1.06. The third kappa shape index (κ3) is 3.36. The molecule has 1 N–H and O–H groups in total. The van der Waals surface area contributed by atoms with Crippen molar-refractivity contribution in [2.75, 3.05) is 6.61 Å². The van der Waals surface area contributed by atoms with Crippen LogP contribution in [0.5, 0.6) is 5.75 Å².